The van der Waals surface area contributed by atoms with Gasteiger partial charge in [0.2, 0.25) is 0 Å². The lowest BCUT2D eigenvalue weighted by molar-refractivity contribution is 0.214. The lowest BCUT2D eigenvalue weighted by atomic mass is 9.87. The number of hydrogen-bond acceptors (Lipinski definition) is 3. The van der Waals surface area contributed by atoms with E-state index < -0.39 is 0 Å². The zero-order valence-electron chi connectivity index (χ0n) is 15.8. The normalized spacial score (nSPS) is 17.2. The quantitative estimate of drug-likeness (QED) is 0.800. The second-order valence-corrected chi connectivity index (χ2v) is 8.64. The maximum atomic E-state index is 12.8. The summed E-state index contributed by atoms with van der Waals surface area (Å²) >= 11 is 1.80. The van der Waals surface area contributed by atoms with Crippen LogP contribution < -0.4 is 10.1 Å². The maximum Gasteiger partial charge on any atom is 0.323 e. The Balaban J connectivity index is 1.74. The number of carbonyl (C=O) groups is 1. The van der Waals surface area contributed by atoms with Crippen molar-refractivity contribution in [3.63, 3.8) is 0 Å². The number of nitrogens with zero attached hydrogens (tertiary/aromatic N) is 1. The number of rotatable bonds is 3. The van der Waals surface area contributed by atoms with Crippen molar-refractivity contribution in [2.45, 2.75) is 31.6 Å². The monoisotopic (exact) mass is 370 g/mol. The van der Waals surface area contributed by atoms with Crippen molar-refractivity contribution in [2.75, 3.05) is 24.7 Å². The van der Waals surface area contributed by atoms with Gasteiger partial charge < -0.3 is 15.0 Å². The van der Waals surface area contributed by atoms with Gasteiger partial charge in [0.15, 0.2) is 0 Å². The molecule has 0 saturated carbocycles. The first-order chi connectivity index (χ1) is 12.4. The van der Waals surface area contributed by atoms with Gasteiger partial charge in [-0.05, 0) is 28.7 Å². The molecule has 1 fully saturated rings. The van der Waals surface area contributed by atoms with E-state index in [0.29, 0.717) is 0 Å². The Morgan fingerprint density at radius 2 is 1.92 bits per heavy atom. The molecule has 0 bridgehead atoms. The molecule has 0 aliphatic carbocycles. The van der Waals surface area contributed by atoms with Gasteiger partial charge in [-0.1, -0.05) is 51.1 Å². The minimum atomic E-state index is -0.0758. The third-order valence-electron chi connectivity index (χ3n) is 4.53. The Bertz CT molecular complexity index is 768. The molecular weight excluding hydrogens is 344 g/mol. The molecule has 0 radical (unpaired) electrons. The van der Waals surface area contributed by atoms with Gasteiger partial charge >= 0.3 is 6.03 Å². The molecule has 0 unspecified atom stereocenters. The van der Waals surface area contributed by atoms with Crippen LogP contribution in [0.1, 0.15) is 37.3 Å². The fraction of sp³-hybridized carbons (Fsp3) is 0.381. The number of hydrogen-bond donors (Lipinski definition) is 1. The molecule has 4 nitrogen and oxygen atoms in total. The molecule has 1 heterocycles. The summed E-state index contributed by atoms with van der Waals surface area (Å²) in [5, 5.41) is 3.04. The van der Waals surface area contributed by atoms with Crippen LogP contribution in [0.15, 0.2) is 48.5 Å². The zero-order valence-corrected chi connectivity index (χ0v) is 16.6. The highest BCUT2D eigenvalue weighted by atomic mass is 32.2. The van der Waals surface area contributed by atoms with E-state index in [1.165, 1.54) is 11.1 Å². The molecule has 1 saturated heterocycles. The molecule has 0 spiro atoms. The van der Waals surface area contributed by atoms with E-state index in [1.54, 1.807) is 18.9 Å². The van der Waals surface area contributed by atoms with Crippen LogP contribution in [0, 0.1) is 0 Å². The maximum absolute atomic E-state index is 12.8. The lowest BCUT2D eigenvalue weighted by Gasteiger charge is -2.25. The number of thioether (sulfide) groups is 1. The van der Waals surface area contributed by atoms with Crippen molar-refractivity contribution in [1.82, 2.24) is 4.90 Å². The van der Waals surface area contributed by atoms with Gasteiger partial charge in [0.1, 0.15) is 11.1 Å². The average molecular weight is 371 g/mol. The van der Waals surface area contributed by atoms with Crippen LogP contribution >= 0.6 is 11.8 Å². The number of ether oxygens (including phenoxy) is 1. The Morgan fingerprint density at radius 1 is 1.19 bits per heavy atom. The number of benzene rings is 2. The van der Waals surface area contributed by atoms with E-state index in [9.17, 15) is 4.79 Å². The number of carbonyl (C=O) groups excluding carboxylic acids is 1. The van der Waals surface area contributed by atoms with Gasteiger partial charge in [-0.25, -0.2) is 4.79 Å². The summed E-state index contributed by atoms with van der Waals surface area (Å²) < 4.78 is 5.22. The summed E-state index contributed by atoms with van der Waals surface area (Å²) in [6.45, 7) is 7.37. The van der Waals surface area contributed by atoms with Crippen molar-refractivity contribution in [3.8, 4) is 5.75 Å². The van der Waals surface area contributed by atoms with Crippen molar-refractivity contribution < 1.29 is 9.53 Å². The lowest BCUT2D eigenvalue weighted by Crippen LogP contribution is -2.34. The van der Waals surface area contributed by atoms with E-state index in [2.05, 4.69) is 50.4 Å². The molecule has 1 aliphatic rings. The second-order valence-electron chi connectivity index (χ2n) is 7.45. The standard InChI is InChI=1S/C21H26N2O2S/c1-21(2,3)16-10-8-15(9-11-16)19-23(12-13-26-19)20(24)22-17-6-5-7-18(14-17)25-4/h5-11,14,19H,12-13H2,1-4H3,(H,22,24)/t19-/m1/s1. The fourth-order valence-electron chi connectivity index (χ4n) is 3.00. The van der Waals surface area contributed by atoms with E-state index >= 15 is 0 Å². The number of nitrogens with one attached hydrogen (secondary N) is 1. The molecule has 2 aromatic carbocycles. The summed E-state index contributed by atoms with van der Waals surface area (Å²) in [4.78, 5) is 14.7. The third kappa shape index (κ3) is 4.15. The smallest absolute Gasteiger partial charge is 0.323 e. The Kier molecular flexibility index (Phi) is 5.47. The Hall–Kier alpha value is -2.14. The predicted octanol–water partition coefficient (Wildman–Crippen LogP) is 5.27. The van der Waals surface area contributed by atoms with E-state index in [4.69, 9.17) is 4.74 Å². The van der Waals surface area contributed by atoms with Crippen LogP contribution in [-0.4, -0.2) is 30.3 Å². The first kappa shape index (κ1) is 18.6. The molecule has 1 aliphatic heterocycles. The topological polar surface area (TPSA) is 41.6 Å². The first-order valence-corrected chi connectivity index (χ1v) is 9.87. The van der Waals surface area contributed by atoms with Gasteiger partial charge in [0.25, 0.3) is 0 Å². The molecular formula is C21H26N2O2S. The van der Waals surface area contributed by atoms with Crippen LogP contribution in [0.25, 0.3) is 0 Å². The zero-order chi connectivity index (χ0) is 18.7. The molecule has 5 heteroatoms. The third-order valence-corrected chi connectivity index (χ3v) is 5.80. The van der Waals surface area contributed by atoms with Crippen molar-refractivity contribution in [1.29, 1.82) is 0 Å². The average Bonchev–Trinajstić information content (AvgIpc) is 3.11. The SMILES string of the molecule is COc1cccc(NC(=O)N2CCS[C@@H]2c2ccc(C(C)(C)C)cc2)c1. The summed E-state index contributed by atoms with van der Waals surface area (Å²) in [5.74, 6) is 1.67. The highest BCUT2D eigenvalue weighted by molar-refractivity contribution is 7.99. The highest BCUT2D eigenvalue weighted by Crippen LogP contribution is 2.39. The fourth-order valence-corrected chi connectivity index (χ4v) is 4.25. The minimum Gasteiger partial charge on any atom is -0.497 e. The molecule has 2 aromatic rings. The Labute approximate surface area is 159 Å². The first-order valence-electron chi connectivity index (χ1n) is 8.82. The van der Waals surface area contributed by atoms with Gasteiger partial charge in [-0.2, -0.15) is 0 Å². The van der Waals surface area contributed by atoms with Gasteiger partial charge in [-0.15, -0.1) is 11.8 Å². The molecule has 3 rings (SSSR count). The van der Waals surface area contributed by atoms with Gasteiger partial charge in [-0.3, -0.25) is 0 Å². The van der Waals surface area contributed by atoms with Crippen LogP contribution in [0.3, 0.4) is 0 Å². The number of anilines is 1. The molecule has 138 valence electrons. The van der Waals surface area contributed by atoms with Crippen LogP contribution in [-0.2, 0) is 5.41 Å². The predicted molar refractivity (Wildman–Crippen MR) is 109 cm³/mol. The van der Waals surface area contributed by atoms with Crippen LogP contribution in [0.4, 0.5) is 10.5 Å². The summed E-state index contributed by atoms with van der Waals surface area (Å²) in [6.07, 6.45) is 0. The number of methoxy groups -OCH3 is 1. The summed E-state index contributed by atoms with van der Waals surface area (Å²) in [7, 11) is 1.62. The van der Waals surface area contributed by atoms with Crippen LogP contribution in [0.5, 0.6) is 5.75 Å². The van der Waals surface area contributed by atoms with Gasteiger partial charge in [0, 0.05) is 24.1 Å². The molecule has 1 atom stereocenters. The van der Waals surface area contributed by atoms with Crippen molar-refractivity contribution in [2.24, 2.45) is 0 Å². The second kappa shape index (κ2) is 7.62. The summed E-state index contributed by atoms with van der Waals surface area (Å²) in [5.41, 5.74) is 3.34. The minimum absolute atomic E-state index is 0.0506. The van der Waals surface area contributed by atoms with E-state index in [0.717, 1.165) is 23.7 Å². The van der Waals surface area contributed by atoms with Crippen LogP contribution in [0.2, 0.25) is 0 Å². The van der Waals surface area contributed by atoms with E-state index in [1.807, 2.05) is 29.2 Å². The largest absolute Gasteiger partial charge is 0.497 e. The highest BCUT2D eigenvalue weighted by Gasteiger charge is 2.31. The van der Waals surface area contributed by atoms with Crippen molar-refractivity contribution >= 4 is 23.5 Å². The molecule has 1 N–H and O–H groups in total. The molecule has 0 aromatic heterocycles. The van der Waals surface area contributed by atoms with E-state index in [-0.39, 0.29) is 16.8 Å². The Morgan fingerprint density at radius 3 is 2.58 bits per heavy atom. The summed E-state index contributed by atoms with van der Waals surface area (Å²) in [6, 6.07) is 16.0. The number of amides is 2. The van der Waals surface area contributed by atoms with Crippen molar-refractivity contribution in [3.05, 3.63) is 59.7 Å². The van der Waals surface area contributed by atoms with Gasteiger partial charge in [0.05, 0.1) is 7.11 Å². The molecule has 26 heavy (non-hydrogen) atoms. The number of urea groups is 1. The molecule has 2 amide bonds.